The van der Waals surface area contributed by atoms with Gasteiger partial charge in [0.15, 0.2) is 0 Å². The summed E-state index contributed by atoms with van der Waals surface area (Å²) in [6.07, 6.45) is 20.1. The zero-order valence-corrected chi connectivity index (χ0v) is 23.2. The molecule has 0 saturated heterocycles. The van der Waals surface area contributed by atoms with Gasteiger partial charge in [-0.15, -0.1) is 0 Å². The molecule has 2 fully saturated rings. The molecule has 200 valence electrons. The van der Waals surface area contributed by atoms with Gasteiger partial charge in [0.2, 0.25) is 5.91 Å². The van der Waals surface area contributed by atoms with Crippen LogP contribution >= 0.6 is 0 Å². The Morgan fingerprint density at radius 1 is 0.730 bits per heavy atom. The van der Waals surface area contributed by atoms with E-state index in [0.717, 1.165) is 30.7 Å². The monoisotopic (exact) mass is 499 g/mol. The molecule has 4 rings (SSSR count). The molecule has 2 saturated carbocycles. The Morgan fingerprint density at radius 3 is 1.62 bits per heavy atom. The summed E-state index contributed by atoms with van der Waals surface area (Å²) in [5.41, 5.74) is 5.74. The zero-order valence-electron chi connectivity index (χ0n) is 23.2. The molecule has 0 radical (unpaired) electrons. The Labute approximate surface area is 226 Å². The van der Waals surface area contributed by atoms with E-state index in [1.165, 1.54) is 106 Å². The van der Waals surface area contributed by atoms with Gasteiger partial charge in [-0.3, -0.25) is 4.79 Å². The third kappa shape index (κ3) is 8.32. The molecule has 2 heteroatoms. The van der Waals surface area contributed by atoms with Crippen molar-refractivity contribution in [1.29, 1.82) is 0 Å². The maximum absolute atomic E-state index is 11.3. The smallest absolute Gasteiger partial charge is 0.243 e. The van der Waals surface area contributed by atoms with Crippen molar-refractivity contribution in [3.8, 4) is 11.1 Å². The van der Waals surface area contributed by atoms with Crippen LogP contribution < -0.4 is 5.32 Å². The van der Waals surface area contributed by atoms with Crippen LogP contribution in [-0.4, -0.2) is 12.5 Å². The second-order valence-electron chi connectivity index (χ2n) is 11.8. The highest BCUT2D eigenvalue weighted by atomic mass is 16.1. The molecule has 0 heterocycles. The van der Waals surface area contributed by atoms with Gasteiger partial charge in [-0.05, 0) is 116 Å². The van der Waals surface area contributed by atoms with Crippen LogP contribution in [-0.2, 0) is 4.79 Å². The van der Waals surface area contributed by atoms with Crippen molar-refractivity contribution < 1.29 is 4.79 Å². The van der Waals surface area contributed by atoms with E-state index < -0.39 is 0 Å². The van der Waals surface area contributed by atoms with E-state index in [-0.39, 0.29) is 5.91 Å². The molecule has 1 amide bonds. The highest BCUT2D eigenvalue weighted by Gasteiger charge is 2.23. The lowest BCUT2D eigenvalue weighted by atomic mass is 9.76. The maximum Gasteiger partial charge on any atom is 0.243 e. The number of unbranched alkanes of at least 4 members (excludes halogenated alkanes) is 2. The topological polar surface area (TPSA) is 29.1 Å². The molecule has 0 atom stereocenters. The normalized spacial score (nSPS) is 23.9. The molecule has 0 aliphatic heterocycles. The summed E-state index contributed by atoms with van der Waals surface area (Å²) in [5.74, 6) is 3.20. The van der Waals surface area contributed by atoms with Crippen LogP contribution in [0.5, 0.6) is 0 Å². The number of hydrogen-bond acceptors (Lipinski definition) is 1. The molecule has 2 aromatic rings. The first-order valence-corrected chi connectivity index (χ1v) is 15.3. The third-order valence-electron chi connectivity index (χ3n) is 9.28. The van der Waals surface area contributed by atoms with Gasteiger partial charge >= 0.3 is 0 Å². The summed E-state index contributed by atoms with van der Waals surface area (Å²) < 4.78 is 0. The Balaban J connectivity index is 1.21. The number of benzene rings is 2. The van der Waals surface area contributed by atoms with Crippen molar-refractivity contribution in [3.05, 3.63) is 72.3 Å². The molecule has 1 N–H and O–H groups in total. The van der Waals surface area contributed by atoms with Crippen LogP contribution in [0.3, 0.4) is 0 Å². The number of hydrogen-bond donors (Lipinski definition) is 1. The number of carbonyl (C=O) groups is 1. The Hall–Kier alpha value is -2.35. The van der Waals surface area contributed by atoms with Crippen molar-refractivity contribution in [2.75, 3.05) is 6.54 Å². The molecular formula is C35H49NO. The van der Waals surface area contributed by atoms with Crippen LogP contribution in [0.25, 0.3) is 11.1 Å². The number of rotatable bonds is 12. The largest absolute Gasteiger partial charge is 0.353 e. The molecule has 0 bridgehead atoms. The van der Waals surface area contributed by atoms with Gasteiger partial charge in [-0.1, -0.05) is 87.7 Å². The molecular weight excluding hydrogens is 450 g/mol. The van der Waals surface area contributed by atoms with E-state index in [4.69, 9.17) is 0 Å². The fourth-order valence-corrected chi connectivity index (χ4v) is 6.82. The van der Waals surface area contributed by atoms with Gasteiger partial charge in [-0.25, -0.2) is 0 Å². The first kappa shape index (κ1) is 27.7. The predicted molar refractivity (Wildman–Crippen MR) is 158 cm³/mol. The lowest BCUT2D eigenvalue weighted by Gasteiger charge is -2.29. The molecule has 0 aromatic heterocycles. The highest BCUT2D eigenvalue weighted by Crippen LogP contribution is 2.39. The summed E-state index contributed by atoms with van der Waals surface area (Å²) in [7, 11) is 0. The van der Waals surface area contributed by atoms with E-state index in [1.54, 1.807) is 5.56 Å². The Kier molecular flexibility index (Phi) is 10.9. The van der Waals surface area contributed by atoms with Crippen molar-refractivity contribution in [2.24, 2.45) is 11.8 Å². The summed E-state index contributed by atoms with van der Waals surface area (Å²) in [6, 6.07) is 18.9. The van der Waals surface area contributed by atoms with Gasteiger partial charge in [-0.2, -0.15) is 0 Å². The molecule has 2 nitrogen and oxygen atoms in total. The van der Waals surface area contributed by atoms with Crippen LogP contribution in [0.2, 0.25) is 0 Å². The zero-order chi connectivity index (χ0) is 25.9. The van der Waals surface area contributed by atoms with Crippen LogP contribution in [0.15, 0.2) is 61.2 Å². The number of amides is 1. The van der Waals surface area contributed by atoms with Crippen molar-refractivity contribution in [1.82, 2.24) is 5.32 Å². The van der Waals surface area contributed by atoms with Gasteiger partial charge < -0.3 is 5.32 Å². The highest BCUT2D eigenvalue weighted by molar-refractivity contribution is 5.86. The fourth-order valence-electron chi connectivity index (χ4n) is 6.82. The van der Waals surface area contributed by atoms with Gasteiger partial charge in [0.25, 0.3) is 0 Å². The van der Waals surface area contributed by atoms with Crippen LogP contribution in [0.1, 0.15) is 120 Å². The quantitative estimate of drug-likeness (QED) is 0.228. The SMILES string of the molecule is C=CC(=O)NCCCC1CCC(c2ccc(-c3ccc(C4CCC(CCCCC)CC4)cc3)cc2)CC1. The van der Waals surface area contributed by atoms with Gasteiger partial charge in [0.1, 0.15) is 0 Å². The summed E-state index contributed by atoms with van der Waals surface area (Å²) in [4.78, 5) is 11.3. The summed E-state index contributed by atoms with van der Waals surface area (Å²) in [5, 5.41) is 2.90. The minimum Gasteiger partial charge on any atom is -0.353 e. The molecule has 0 unspecified atom stereocenters. The molecule has 2 aliphatic rings. The average molecular weight is 500 g/mol. The lowest BCUT2D eigenvalue weighted by Crippen LogP contribution is -2.23. The lowest BCUT2D eigenvalue weighted by molar-refractivity contribution is -0.116. The average Bonchev–Trinajstić information content (AvgIpc) is 2.96. The van der Waals surface area contributed by atoms with Crippen molar-refractivity contribution in [2.45, 2.75) is 109 Å². The van der Waals surface area contributed by atoms with Gasteiger partial charge in [0, 0.05) is 6.54 Å². The Morgan fingerprint density at radius 2 is 1.19 bits per heavy atom. The van der Waals surface area contributed by atoms with E-state index in [9.17, 15) is 4.79 Å². The minimum absolute atomic E-state index is 0.0569. The molecule has 0 spiro atoms. The first-order valence-electron chi connectivity index (χ1n) is 15.3. The van der Waals surface area contributed by atoms with Crippen LogP contribution in [0, 0.1) is 11.8 Å². The summed E-state index contributed by atoms with van der Waals surface area (Å²) in [6.45, 7) is 6.59. The predicted octanol–water partition coefficient (Wildman–Crippen LogP) is 9.56. The van der Waals surface area contributed by atoms with E-state index in [1.807, 2.05) is 0 Å². The standard InChI is InChI=1S/C35H49NO/c1-3-5-6-8-27-10-14-29(15-11-27)31-18-22-33(23-19-31)34-24-20-32(21-25-34)30-16-12-28(13-17-30)9-7-26-36-35(37)4-2/h4,18-25,27-30H,2-3,5-17,26H2,1H3,(H,36,37). The second-order valence-corrected chi connectivity index (χ2v) is 11.8. The van der Waals surface area contributed by atoms with Crippen molar-refractivity contribution >= 4 is 5.91 Å². The molecule has 2 aliphatic carbocycles. The van der Waals surface area contributed by atoms with Crippen molar-refractivity contribution in [3.63, 3.8) is 0 Å². The second kappa shape index (κ2) is 14.6. The minimum atomic E-state index is -0.0569. The first-order chi connectivity index (χ1) is 18.2. The van der Waals surface area contributed by atoms with E-state index >= 15 is 0 Å². The van der Waals surface area contributed by atoms with Crippen LogP contribution in [0.4, 0.5) is 0 Å². The molecule has 37 heavy (non-hydrogen) atoms. The Bertz CT molecular complexity index is 944. The third-order valence-corrected chi connectivity index (χ3v) is 9.28. The fraction of sp³-hybridized carbons (Fsp3) is 0.571. The van der Waals surface area contributed by atoms with E-state index in [0.29, 0.717) is 5.92 Å². The number of nitrogens with one attached hydrogen (secondary N) is 1. The van der Waals surface area contributed by atoms with E-state index in [2.05, 4.69) is 67.4 Å². The molecule has 2 aromatic carbocycles. The number of carbonyl (C=O) groups excluding carboxylic acids is 1. The summed E-state index contributed by atoms with van der Waals surface area (Å²) >= 11 is 0. The maximum atomic E-state index is 11.3. The van der Waals surface area contributed by atoms with Gasteiger partial charge in [0.05, 0.1) is 0 Å².